The van der Waals surface area contributed by atoms with Gasteiger partial charge in [-0.15, -0.1) is 0 Å². The van der Waals surface area contributed by atoms with Crippen LogP contribution in [0.1, 0.15) is 51.4 Å². The summed E-state index contributed by atoms with van der Waals surface area (Å²) in [4.78, 5) is 13.7. The number of nitrogens with one attached hydrogen (secondary N) is 1. The van der Waals surface area contributed by atoms with Crippen molar-refractivity contribution < 1.29 is 9.90 Å². The molecule has 2 rings (SSSR count). The number of aliphatic hydroxyl groups is 1. The number of carbonyl (C=O) groups is 1. The third-order valence-corrected chi connectivity index (χ3v) is 4.25. The van der Waals surface area contributed by atoms with E-state index in [1.807, 2.05) is 11.9 Å². The molecule has 0 atom stereocenters. The molecule has 4 nitrogen and oxygen atoms in total. The van der Waals surface area contributed by atoms with Gasteiger partial charge in [0.2, 0.25) is 5.91 Å². The van der Waals surface area contributed by atoms with Crippen molar-refractivity contribution in [3.05, 3.63) is 0 Å². The van der Waals surface area contributed by atoms with Crippen LogP contribution in [0.25, 0.3) is 0 Å². The molecule has 0 aromatic carbocycles. The maximum absolute atomic E-state index is 11.8. The Morgan fingerprint density at radius 1 is 1.28 bits per heavy atom. The number of hydrogen-bond donors (Lipinski definition) is 2. The van der Waals surface area contributed by atoms with E-state index in [-0.39, 0.29) is 5.91 Å². The van der Waals surface area contributed by atoms with Gasteiger partial charge < -0.3 is 15.3 Å². The largest absolute Gasteiger partial charge is 0.389 e. The third kappa shape index (κ3) is 3.95. The van der Waals surface area contributed by atoms with Crippen molar-refractivity contribution in [3.8, 4) is 0 Å². The molecule has 2 aliphatic carbocycles. The van der Waals surface area contributed by atoms with Crippen LogP contribution < -0.4 is 5.32 Å². The van der Waals surface area contributed by atoms with Crippen molar-refractivity contribution in [2.24, 2.45) is 0 Å². The second-order valence-electron chi connectivity index (χ2n) is 5.98. The van der Waals surface area contributed by atoms with Gasteiger partial charge >= 0.3 is 0 Å². The molecule has 0 aliphatic heterocycles. The zero-order chi connectivity index (χ0) is 13.0. The Kier molecular flexibility index (Phi) is 4.62. The Morgan fingerprint density at radius 2 is 1.89 bits per heavy atom. The number of amides is 1. The van der Waals surface area contributed by atoms with Gasteiger partial charge in [0.15, 0.2) is 0 Å². The van der Waals surface area contributed by atoms with Crippen molar-refractivity contribution in [1.82, 2.24) is 10.2 Å². The van der Waals surface area contributed by atoms with E-state index in [2.05, 4.69) is 5.32 Å². The minimum Gasteiger partial charge on any atom is -0.389 e. The highest BCUT2D eigenvalue weighted by Crippen LogP contribution is 2.27. The van der Waals surface area contributed by atoms with Crippen LogP contribution in [0, 0.1) is 0 Å². The summed E-state index contributed by atoms with van der Waals surface area (Å²) in [5, 5.41) is 13.6. The van der Waals surface area contributed by atoms with E-state index in [4.69, 9.17) is 0 Å². The molecule has 4 heteroatoms. The molecule has 0 unspecified atom stereocenters. The van der Waals surface area contributed by atoms with Gasteiger partial charge in [-0.25, -0.2) is 0 Å². The van der Waals surface area contributed by atoms with E-state index < -0.39 is 5.60 Å². The standard InChI is InChI=1S/C14H26N2O2/c1-16(12-6-7-12)13(17)10-15-11-14(18)8-4-2-3-5-9-14/h12,15,18H,2-11H2,1H3. The van der Waals surface area contributed by atoms with Crippen LogP contribution in [-0.4, -0.2) is 47.7 Å². The first kappa shape index (κ1) is 13.8. The SMILES string of the molecule is CN(C(=O)CNCC1(O)CCCCCC1)C1CC1. The lowest BCUT2D eigenvalue weighted by Gasteiger charge is -2.27. The molecule has 104 valence electrons. The van der Waals surface area contributed by atoms with Gasteiger partial charge in [-0.2, -0.15) is 0 Å². The van der Waals surface area contributed by atoms with Gasteiger partial charge in [0.1, 0.15) is 0 Å². The molecule has 0 aromatic rings. The summed E-state index contributed by atoms with van der Waals surface area (Å²) in [7, 11) is 1.88. The zero-order valence-electron chi connectivity index (χ0n) is 11.5. The number of carbonyl (C=O) groups excluding carboxylic acids is 1. The summed E-state index contributed by atoms with van der Waals surface area (Å²) < 4.78 is 0. The molecule has 2 N–H and O–H groups in total. The van der Waals surface area contributed by atoms with Crippen molar-refractivity contribution in [2.45, 2.75) is 63.0 Å². The highest BCUT2D eigenvalue weighted by Gasteiger charge is 2.30. The monoisotopic (exact) mass is 254 g/mol. The maximum Gasteiger partial charge on any atom is 0.236 e. The number of likely N-dealkylation sites (N-methyl/N-ethyl adjacent to an activating group) is 1. The van der Waals surface area contributed by atoms with Crippen LogP contribution in [0.4, 0.5) is 0 Å². The molecule has 0 radical (unpaired) electrons. The normalized spacial score (nSPS) is 23.4. The molecule has 0 aromatic heterocycles. The molecular weight excluding hydrogens is 228 g/mol. The van der Waals surface area contributed by atoms with Crippen molar-refractivity contribution in [1.29, 1.82) is 0 Å². The molecule has 18 heavy (non-hydrogen) atoms. The predicted molar refractivity (Wildman–Crippen MR) is 71.3 cm³/mol. The Bertz CT molecular complexity index is 282. The minimum atomic E-state index is -0.588. The third-order valence-electron chi connectivity index (χ3n) is 4.25. The molecule has 2 fully saturated rings. The lowest BCUT2D eigenvalue weighted by atomic mass is 9.94. The van der Waals surface area contributed by atoms with Gasteiger partial charge in [0, 0.05) is 19.6 Å². The lowest BCUT2D eigenvalue weighted by molar-refractivity contribution is -0.129. The van der Waals surface area contributed by atoms with Crippen molar-refractivity contribution in [2.75, 3.05) is 20.1 Å². The van der Waals surface area contributed by atoms with Crippen LogP contribution in [-0.2, 0) is 4.79 Å². The van der Waals surface area contributed by atoms with Crippen LogP contribution in [0.15, 0.2) is 0 Å². The van der Waals surface area contributed by atoms with Gasteiger partial charge in [-0.1, -0.05) is 25.7 Å². The van der Waals surface area contributed by atoms with E-state index in [9.17, 15) is 9.90 Å². The maximum atomic E-state index is 11.8. The molecule has 0 heterocycles. The Hall–Kier alpha value is -0.610. The number of rotatable bonds is 5. The first-order valence-corrected chi connectivity index (χ1v) is 7.29. The molecule has 2 saturated carbocycles. The Labute approximate surface area is 110 Å². The highest BCUT2D eigenvalue weighted by molar-refractivity contribution is 5.78. The summed E-state index contributed by atoms with van der Waals surface area (Å²) in [6.07, 6.45) is 8.69. The van der Waals surface area contributed by atoms with E-state index in [1.165, 1.54) is 12.8 Å². The fourth-order valence-electron chi connectivity index (χ4n) is 2.76. The molecule has 1 amide bonds. The van der Waals surface area contributed by atoms with E-state index in [1.54, 1.807) is 0 Å². The summed E-state index contributed by atoms with van der Waals surface area (Å²) in [6, 6.07) is 0.472. The Morgan fingerprint density at radius 3 is 2.44 bits per heavy atom. The van der Waals surface area contributed by atoms with Crippen LogP contribution in [0.2, 0.25) is 0 Å². The molecule has 2 aliphatic rings. The lowest BCUT2D eigenvalue weighted by Crippen LogP contribution is -2.44. The number of nitrogens with zero attached hydrogens (tertiary/aromatic N) is 1. The fourth-order valence-corrected chi connectivity index (χ4v) is 2.76. The topological polar surface area (TPSA) is 52.6 Å². The summed E-state index contributed by atoms with van der Waals surface area (Å²) >= 11 is 0. The van der Waals surface area contributed by atoms with Gasteiger partial charge in [0.05, 0.1) is 12.1 Å². The first-order chi connectivity index (χ1) is 8.61. The van der Waals surface area contributed by atoms with Crippen LogP contribution in [0.5, 0.6) is 0 Å². The Balaban J connectivity index is 1.68. The van der Waals surface area contributed by atoms with Crippen molar-refractivity contribution >= 4 is 5.91 Å². The number of hydrogen-bond acceptors (Lipinski definition) is 3. The summed E-state index contributed by atoms with van der Waals surface area (Å²) in [5.41, 5.74) is -0.588. The van der Waals surface area contributed by atoms with Gasteiger partial charge in [0.25, 0.3) is 0 Å². The quantitative estimate of drug-likeness (QED) is 0.727. The molecule has 0 bridgehead atoms. The minimum absolute atomic E-state index is 0.148. The predicted octanol–water partition coefficient (Wildman–Crippen LogP) is 1.28. The molecule has 0 saturated heterocycles. The van der Waals surface area contributed by atoms with Crippen LogP contribution in [0.3, 0.4) is 0 Å². The summed E-state index contributed by atoms with van der Waals surface area (Å²) in [5.74, 6) is 0.148. The van der Waals surface area contributed by atoms with E-state index in [0.717, 1.165) is 38.5 Å². The highest BCUT2D eigenvalue weighted by atomic mass is 16.3. The fraction of sp³-hybridized carbons (Fsp3) is 0.929. The smallest absolute Gasteiger partial charge is 0.236 e. The zero-order valence-corrected chi connectivity index (χ0v) is 11.5. The second-order valence-corrected chi connectivity index (χ2v) is 5.98. The average molecular weight is 254 g/mol. The van der Waals surface area contributed by atoms with Crippen molar-refractivity contribution in [3.63, 3.8) is 0 Å². The molecular formula is C14H26N2O2. The first-order valence-electron chi connectivity index (χ1n) is 7.29. The second kappa shape index (κ2) is 6.02. The molecule has 0 spiro atoms. The average Bonchev–Trinajstić information content (AvgIpc) is 3.15. The summed E-state index contributed by atoms with van der Waals surface area (Å²) in [6.45, 7) is 0.909. The van der Waals surface area contributed by atoms with E-state index >= 15 is 0 Å². The van der Waals surface area contributed by atoms with Crippen LogP contribution >= 0.6 is 0 Å². The van der Waals surface area contributed by atoms with Gasteiger partial charge in [-0.3, -0.25) is 4.79 Å². The van der Waals surface area contributed by atoms with E-state index in [0.29, 0.717) is 19.1 Å². The van der Waals surface area contributed by atoms with Gasteiger partial charge in [-0.05, 0) is 25.7 Å².